The van der Waals surface area contributed by atoms with Gasteiger partial charge in [-0.25, -0.2) is 0 Å². The van der Waals surface area contributed by atoms with Crippen LogP contribution in [0, 0.1) is 5.92 Å². The van der Waals surface area contributed by atoms with Gasteiger partial charge < -0.3 is 10.2 Å². The summed E-state index contributed by atoms with van der Waals surface area (Å²) >= 11 is 3.65. The van der Waals surface area contributed by atoms with E-state index < -0.39 is 0 Å². The lowest BCUT2D eigenvalue weighted by molar-refractivity contribution is 0.175. The molecule has 1 saturated heterocycles. The normalized spacial score (nSPS) is 19.4. The summed E-state index contributed by atoms with van der Waals surface area (Å²) in [6.07, 6.45) is 2.53. The van der Waals surface area contributed by atoms with Crippen LogP contribution in [-0.4, -0.2) is 30.6 Å². The average Bonchev–Trinajstić information content (AvgIpc) is 2.41. The van der Waals surface area contributed by atoms with Crippen LogP contribution in [-0.2, 0) is 0 Å². The van der Waals surface area contributed by atoms with E-state index in [4.69, 9.17) is 0 Å². The molecule has 2 rings (SSSR count). The minimum absolute atomic E-state index is 0.409. The van der Waals surface area contributed by atoms with Crippen LogP contribution < -0.4 is 5.32 Å². The number of halogens is 1. The Kier molecular flexibility index (Phi) is 6.06. The summed E-state index contributed by atoms with van der Waals surface area (Å²) in [5, 5.41) is 3.79. The molecule has 0 spiro atoms. The molecule has 1 fully saturated rings. The summed E-state index contributed by atoms with van der Waals surface area (Å²) in [7, 11) is 0. The Labute approximate surface area is 132 Å². The molecule has 0 amide bonds. The van der Waals surface area contributed by atoms with Gasteiger partial charge in [-0.05, 0) is 50.4 Å². The zero-order chi connectivity index (χ0) is 14.5. The molecule has 1 aliphatic heterocycles. The lowest BCUT2D eigenvalue weighted by Gasteiger charge is -2.35. The Morgan fingerprint density at radius 2 is 1.85 bits per heavy atom. The van der Waals surface area contributed by atoms with Crippen LogP contribution >= 0.6 is 15.9 Å². The van der Waals surface area contributed by atoms with Crippen LogP contribution in [0.5, 0.6) is 0 Å². The number of hydrogen-bond donors (Lipinski definition) is 1. The highest BCUT2D eigenvalue weighted by atomic mass is 79.9. The molecular formula is C17H27BrN2. The molecule has 1 aromatic carbocycles. The van der Waals surface area contributed by atoms with Crippen molar-refractivity contribution >= 4 is 15.9 Å². The van der Waals surface area contributed by atoms with E-state index in [9.17, 15) is 0 Å². The number of rotatable bonds is 5. The van der Waals surface area contributed by atoms with E-state index in [2.05, 4.69) is 71.2 Å². The first-order valence-corrected chi connectivity index (χ1v) is 8.58. The molecule has 1 heterocycles. The molecule has 112 valence electrons. The van der Waals surface area contributed by atoms with Gasteiger partial charge in [0.2, 0.25) is 0 Å². The predicted octanol–water partition coefficient (Wildman–Crippen LogP) is 4.22. The van der Waals surface area contributed by atoms with Gasteiger partial charge in [0.05, 0.1) is 0 Å². The van der Waals surface area contributed by atoms with Crippen molar-refractivity contribution in [1.29, 1.82) is 0 Å². The fraction of sp³-hybridized carbons (Fsp3) is 0.647. The molecule has 1 unspecified atom stereocenters. The Morgan fingerprint density at radius 3 is 2.45 bits per heavy atom. The first kappa shape index (κ1) is 16.0. The summed E-state index contributed by atoms with van der Waals surface area (Å²) < 4.78 is 1.21. The average molecular weight is 339 g/mol. The predicted molar refractivity (Wildman–Crippen MR) is 90.0 cm³/mol. The van der Waals surface area contributed by atoms with E-state index in [-0.39, 0.29) is 0 Å². The molecule has 1 aromatic rings. The van der Waals surface area contributed by atoms with E-state index in [1.165, 1.54) is 42.5 Å². The molecule has 1 N–H and O–H groups in total. The third-order valence-corrected chi connectivity index (χ3v) is 4.79. The molecule has 2 nitrogen and oxygen atoms in total. The van der Waals surface area contributed by atoms with Gasteiger partial charge in [0, 0.05) is 23.1 Å². The lowest BCUT2D eigenvalue weighted by atomic mass is 10.0. The zero-order valence-corrected chi connectivity index (χ0v) is 14.5. The number of piperidine rings is 1. The zero-order valence-electron chi connectivity index (χ0n) is 12.9. The van der Waals surface area contributed by atoms with Crippen LogP contribution in [0.1, 0.15) is 45.2 Å². The summed E-state index contributed by atoms with van der Waals surface area (Å²) in [5.74, 6) is 0.777. The second-order valence-corrected chi connectivity index (χ2v) is 7.23. The van der Waals surface area contributed by atoms with Crippen molar-refractivity contribution in [3.8, 4) is 0 Å². The second kappa shape index (κ2) is 7.58. The first-order chi connectivity index (χ1) is 9.56. The summed E-state index contributed by atoms with van der Waals surface area (Å²) in [6, 6.07) is 9.58. The minimum Gasteiger partial charge on any atom is -0.307 e. The minimum atomic E-state index is 0.409. The number of hydrogen-bond acceptors (Lipinski definition) is 2. The standard InChI is InChI=1S/C17H27BrN2/c1-13(2)12-20-10-8-15(9-11-20)19-14(3)16-6-4-5-7-17(16)18/h4-7,13-15,19H,8-12H2,1-3H3. The Balaban J connectivity index is 1.82. The third kappa shape index (κ3) is 4.57. The lowest BCUT2D eigenvalue weighted by Crippen LogP contribution is -2.44. The van der Waals surface area contributed by atoms with E-state index in [0.717, 1.165) is 5.92 Å². The van der Waals surface area contributed by atoms with Crippen molar-refractivity contribution in [2.75, 3.05) is 19.6 Å². The quantitative estimate of drug-likeness (QED) is 0.864. The number of benzene rings is 1. The summed E-state index contributed by atoms with van der Waals surface area (Å²) in [5.41, 5.74) is 1.36. The third-order valence-electron chi connectivity index (χ3n) is 4.07. The van der Waals surface area contributed by atoms with Crippen LogP contribution in [0.4, 0.5) is 0 Å². The van der Waals surface area contributed by atoms with Crippen LogP contribution in [0.15, 0.2) is 28.7 Å². The number of likely N-dealkylation sites (tertiary alicyclic amines) is 1. The maximum absolute atomic E-state index is 3.79. The Hall–Kier alpha value is -0.380. The Morgan fingerprint density at radius 1 is 1.20 bits per heavy atom. The van der Waals surface area contributed by atoms with Crippen molar-refractivity contribution in [2.24, 2.45) is 5.92 Å². The highest BCUT2D eigenvalue weighted by Gasteiger charge is 2.21. The first-order valence-electron chi connectivity index (χ1n) is 7.79. The van der Waals surface area contributed by atoms with Crippen molar-refractivity contribution in [2.45, 2.75) is 45.7 Å². The molecule has 1 aliphatic rings. The maximum atomic E-state index is 3.79. The monoisotopic (exact) mass is 338 g/mol. The van der Waals surface area contributed by atoms with Gasteiger partial charge in [-0.3, -0.25) is 0 Å². The van der Waals surface area contributed by atoms with E-state index in [0.29, 0.717) is 12.1 Å². The van der Waals surface area contributed by atoms with Crippen LogP contribution in [0.3, 0.4) is 0 Å². The van der Waals surface area contributed by atoms with Gasteiger partial charge in [-0.1, -0.05) is 48.0 Å². The van der Waals surface area contributed by atoms with Crippen LogP contribution in [0.25, 0.3) is 0 Å². The van der Waals surface area contributed by atoms with Gasteiger partial charge in [-0.15, -0.1) is 0 Å². The number of nitrogens with one attached hydrogen (secondary N) is 1. The van der Waals surface area contributed by atoms with Crippen molar-refractivity contribution in [3.05, 3.63) is 34.3 Å². The smallest absolute Gasteiger partial charge is 0.0305 e. The molecule has 0 aliphatic carbocycles. The SMILES string of the molecule is CC(C)CN1CCC(NC(C)c2ccccc2Br)CC1. The molecule has 0 saturated carbocycles. The van der Waals surface area contributed by atoms with E-state index in [1.807, 2.05) is 0 Å². The largest absolute Gasteiger partial charge is 0.307 e. The fourth-order valence-corrected chi connectivity index (χ4v) is 3.70. The van der Waals surface area contributed by atoms with Gasteiger partial charge >= 0.3 is 0 Å². The topological polar surface area (TPSA) is 15.3 Å². The van der Waals surface area contributed by atoms with Crippen molar-refractivity contribution < 1.29 is 0 Å². The molecule has 1 atom stereocenters. The highest BCUT2D eigenvalue weighted by Crippen LogP contribution is 2.24. The summed E-state index contributed by atoms with van der Waals surface area (Å²) in [6.45, 7) is 10.6. The fourth-order valence-electron chi connectivity index (χ4n) is 3.07. The second-order valence-electron chi connectivity index (χ2n) is 6.38. The molecule has 0 bridgehead atoms. The van der Waals surface area contributed by atoms with Crippen molar-refractivity contribution in [3.63, 3.8) is 0 Å². The van der Waals surface area contributed by atoms with Crippen LogP contribution in [0.2, 0.25) is 0 Å². The van der Waals surface area contributed by atoms with Gasteiger partial charge in [0.1, 0.15) is 0 Å². The molecule has 0 radical (unpaired) electrons. The summed E-state index contributed by atoms with van der Waals surface area (Å²) in [4.78, 5) is 2.60. The van der Waals surface area contributed by atoms with Gasteiger partial charge in [0.25, 0.3) is 0 Å². The molecule has 20 heavy (non-hydrogen) atoms. The van der Waals surface area contributed by atoms with Gasteiger partial charge in [0.15, 0.2) is 0 Å². The highest BCUT2D eigenvalue weighted by molar-refractivity contribution is 9.10. The van der Waals surface area contributed by atoms with Gasteiger partial charge in [-0.2, -0.15) is 0 Å². The van der Waals surface area contributed by atoms with E-state index in [1.54, 1.807) is 0 Å². The number of nitrogens with zero attached hydrogens (tertiary/aromatic N) is 1. The van der Waals surface area contributed by atoms with E-state index >= 15 is 0 Å². The molecule has 0 aromatic heterocycles. The van der Waals surface area contributed by atoms with Crippen molar-refractivity contribution in [1.82, 2.24) is 10.2 Å². The Bertz CT molecular complexity index is 411. The molecule has 3 heteroatoms. The maximum Gasteiger partial charge on any atom is 0.0305 e. The molecular weight excluding hydrogens is 312 g/mol.